The molecule has 6 heteroatoms. The van der Waals surface area contributed by atoms with Crippen molar-refractivity contribution >= 4 is 22.9 Å². The van der Waals surface area contributed by atoms with E-state index < -0.39 is 0 Å². The van der Waals surface area contributed by atoms with Crippen LogP contribution in [0.4, 0.5) is 0 Å². The third kappa shape index (κ3) is 4.07. The molecule has 26 heavy (non-hydrogen) atoms. The molecule has 1 aromatic carbocycles. The normalized spacial score (nSPS) is 11.3. The standard InChI is InChI=1S/C20H17ClN2O2S/c21-19-8-2-1-7-18(19)20-22-15(14-26-20)11-23(12-16-5-3-9-24-16)13-17-6-4-10-25-17/h1-10,14H,11-13H2. The zero-order valence-corrected chi connectivity index (χ0v) is 15.5. The van der Waals surface area contributed by atoms with E-state index in [0.29, 0.717) is 19.6 Å². The Bertz CT molecular complexity index is 912. The summed E-state index contributed by atoms with van der Waals surface area (Å²) in [6.07, 6.45) is 3.39. The molecule has 0 saturated heterocycles. The van der Waals surface area contributed by atoms with Crippen molar-refractivity contribution < 1.29 is 8.83 Å². The molecule has 4 rings (SSSR count). The fourth-order valence-electron chi connectivity index (χ4n) is 2.78. The van der Waals surface area contributed by atoms with Gasteiger partial charge in [0, 0.05) is 17.5 Å². The summed E-state index contributed by atoms with van der Waals surface area (Å²) in [6.45, 7) is 2.07. The Hall–Kier alpha value is -2.34. The Labute approximate surface area is 160 Å². The molecule has 0 fully saturated rings. The average Bonchev–Trinajstić information content (AvgIpc) is 3.38. The Morgan fingerprint density at radius 1 is 0.885 bits per heavy atom. The number of hydrogen-bond acceptors (Lipinski definition) is 5. The predicted octanol–water partition coefficient (Wildman–Crippen LogP) is 5.85. The van der Waals surface area contributed by atoms with Gasteiger partial charge in [-0.3, -0.25) is 4.90 Å². The van der Waals surface area contributed by atoms with Crippen molar-refractivity contribution in [1.82, 2.24) is 9.88 Å². The number of rotatable bonds is 7. The van der Waals surface area contributed by atoms with Crippen molar-refractivity contribution in [2.75, 3.05) is 0 Å². The van der Waals surface area contributed by atoms with Gasteiger partial charge in [0.2, 0.25) is 0 Å². The van der Waals surface area contributed by atoms with Crippen LogP contribution in [0.15, 0.2) is 75.3 Å². The highest BCUT2D eigenvalue weighted by molar-refractivity contribution is 7.13. The third-order valence-corrected chi connectivity index (χ3v) is 5.21. The summed E-state index contributed by atoms with van der Waals surface area (Å²) in [5.41, 5.74) is 1.97. The fraction of sp³-hybridized carbons (Fsp3) is 0.150. The number of aromatic nitrogens is 1. The number of furan rings is 2. The van der Waals surface area contributed by atoms with Crippen LogP contribution in [0, 0.1) is 0 Å². The average molecular weight is 385 g/mol. The molecule has 4 aromatic rings. The molecule has 4 nitrogen and oxygen atoms in total. The predicted molar refractivity (Wildman–Crippen MR) is 103 cm³/mol. The van der Waals surface area contributed by atoms with E-state index in [2.05, 4.69) is 10.3 Å². The van der Waals surface area contributed by atoms with Gasteiger partial charge in [-0.1, -0.05) is 29.8 Å². The van der Waals surface area contributed by atoms with Gasteiger partial charge in [-0.15, -0.1) is 11.3 Å². The Morgan fingerprint density at radius 3 is 2.19 bits per heavy atom. The maximum Gasteiger partial charge on any atom is 0.125 e. The van der Waals surface area contributed by atoms with Crippen LogP contribution in [-0.4, -0.2) is 9.88 Å². The van der Waals surface area contributed by atoms with Crippen LogP contribution in [0.5, 0.6) is 0 Å². The molecule has 0 aliphatic rings. The van der Waals surface area contributed by atoms with E-state index in [9.17, 15) is 0 Å². The minimum Gasteiger partial charge on any atom is -0.468 e. The van der Waals surface area contributed by atoms with Crippen molar-refractivity contribution in [3.05, 3.63) is 88.7 Å². The number of hydrogen-bond donors (Lipinski definition) is 0. The maximum atomic E-state index is 6.29. The highest BCUT2D eigenvalue weighted by atomic mass is 35.5. The second-order valence-electron chi connectivity index (χ2n) is 5.93. The summed E-state index contributed by atoms with van der Waals surface area (Å²) in [5, 5.41) is 3.73. The molecule has 132 valence electrons. The van der Waals surface area contributed by atoms with Crippen LogP contribution < -0.4 is 0 Å². The summed E-state index contributed by atoms with van der Waals surface area (Å²) >= 11 is 7.90. The van der Waals surface area contributed by atoms with Gasteiger partial charge < -0.3 is 8.83 Å². The highest BCUT2D eigenvalue weighted by Crippen LogP contribution is 2.30. The lowest BCUT2D eigenvalue weighted by Crippen LogP contribution is -2.22. The van der Waals surface area contributed by atoms with Gasteiger partial charge in [0.25, 0.3) is 0 Å². The molecule has 0 bridgehead atoms. The van der Waals surface area contributed by atoms with Gasteiger partial charge in [-0.05, 0) is 30.3 Å². The third-order valence-electron chi connectivity index (χ3n) is 3.96. The molecule has 0 N–H and O–H groups in total. The zero-order valence-electron chi connectivity index (χ0n) is 14.0. The Balaban J connectivity index is 1.52. The molecule has 0 saturated carbocycles. The van der Waals surface area contributed by atoms with E-state index in [1.54, 1.807) is 23.9 Å². The fourth-order valence-corrected chi connectivity index (χ4v) is 3.91. The molecule has 3 aromatic heterocycles. The van der Waals surface area contributed by atoms with E-state index in [0.717, 1.165) is 32.8 Å². The highest BCUT2D eigenvalue weighted by Gasteiger charge is 2.14. The quantitative estimate of drug-likeness (QED) is 0.400. The number of benzene rings is 1. The van der Waals surface area contributed by atoms with Gasteiger partial charge in [-0.2, -0.15) is 0 Å². The first-order valence-electron chi connectivity index (χ1n) is 8.24. The van der Waals surface area contributed by atoms with E-state index in [1.165, 1.54) is 0 Å². The Kier molecular flexibility index (Phi) is 5.20. The van der Waals surface area contributed by atoms with Gasteiger partial charge >= 0.3 is 0 Å². The van der Waals surface area contributed by atoms with E-state index in [4.69, 9.17) is 25.4 Å². The molecule has 0 atom stereocenters. The first-order chi connectivity index (χ1) is 12.8. The van der Waals surface area contributed by atoms with Crippen LogP contribution in [0.1, 0.15) is 17.2 Å². The van der Waals surface area contributed by atoms with Crippen LogP contribution in [-0.2, 0) is 19.6 Å². The summed E-state index contributed by atoms with van der Waals surface area (Å²) in [7, 11) is 0. The van der Waals surface area contributed by atoms with Crippen LogP contribution in [0.2, 0.25) is 5.02 Å². The van der Waals surface area contributed by atoms with E-state index in [1.807, 2.05) is 48.5 Å². The monoisotopic (exact) mass is 384 g/mol. The zero-order chi connectivity index (χ0) is 17.8. The number of nitrogens with zero attached hydrogens (tertiary/aromatic N) is 2. The lowest BCUT2D eigenvalue weighted by Gasteiger charge is -2.18. The minimum atomic E-state index is 0.687. The van der Waals surface area contributed by atoms with Gasteiger partial charge in [0.05, 0.1) is 36.3 Å². The summed E-state index contributed by atoms with van der Waals surface area (Å²) < 4.78 is 11.0. The molecule has 0 unspecified atom stereocenters. The molecule has 0 aliphatic carbocycles. The molecule has 3 heterocycles. The summed E-state index contributed by atoms with van der Waals surface area (Å²) in [4.78, 5) is 7.01. The lowest BCUT2D eigenvalue weighted by molar-refractivity contribution is 0.207. The molecule has 0 aliphatic heterocycles. The van der Waals surface area contributed by atoms with Crippen molar-refractivity contribution in [1.29, 1.82) is 0 Å². The van der Waals surface area contributed by atoms with Crippen molar-refractivity contribution in [3.8, 4) is 10.6 Å². The molecule has 0 amide bonds. The lowest BCUT2D eigenvalue weighted by atomic mass is 10.2. The van der Waals surface area contributed by atoms with Crippen molar-refractivity contribution in [2.45, 2.75) is 19.6 Å². The molecular formula is C20H17ClN2O2S. The summed E-state index contributed by atoms with van der Waals surface area (Å²) in [6, 6.07) is 15.5. The van der Waals surface area contributed by atoms with Crippen LogP contribution >= 0.6 is 22.9 Å². The van der Waals surface area contributed by atoms with Crippen LogP contribution in [0.3, 0.4) is 0 Å². The van der Waals surface area contributed by atoms with Crippen molar-refractivity contribution in [3.63, 3.8) is 0 Å². The molecule has 0 spiro atoms. The summed E-state index contributed by atoms with van der Waals surface area (Å²) in [5.74, 6) is 1.83. The molecule has 0 radical (unpaired) electrons. The Morgan fingerprint density at radius 2 is 1.58 bits per heavy atom. The second kappa shape index (κ2) is 7.91. The number of thiazole rings is 1. The van der Waals surface area contributed by atoms with E-state index in [-0.39, 0.29) is 0 Å². The smallest absolute Gasteiger partial charge is 0.125 e. The first kappa shape index (κ1) is 17.1. The van der Waals surface area contributed by atoms with Gasteiger partial charge in [0.15, 0.2) is 0 Å². The van der Waals surface area contributed by atoms with Crippen molar-refractivity contribution in [2.24, 2.45) is 0 Å². The van der Waals surface area contributed by atoms with Crippen LogP contribution in [0.25, 0.3) is 10.6 Å². The SMILES string of the molecule is Clc1ccccc1-c1nc(CN(Cc2ccco2)Cc2ccco2)cs1. The number of halogens is 1. The van der Waals surface area contributed by atoms with Gasteiger partial charge in [0.1, 0.15) is 16.5 Å². The topological polar surface area (TPSA) is 42.4 Å². The first-order valence-corrected chi connectivity index (χ1v) is 9.50. The maximum absolute atomic E-state index is 6.29. The largest absolute Gasteiger partial charge is 0.468 e. The molecular weight excluding hydrogens is 368 g/mol. The van der Waals surface area contributed by atoms with Gasteiger partial charge in [-0.25, -0.2) is 4.98 Å². The minimum absolute atomic E-state index is 0.687. The second-order valence-corrected chi connectivity index (χ2v) is 7.19. The van der Waals surface area contributed by atoms with E-state index >= 15 is 0 Å².